The summed E-state index contributed by atoms with van der Waals surface area (Å²) in [6.07, 6.45) is 0. The standard InChI is InChI=1S/C10H12INO2/c1-12(2)10(13)7-14-9-5-3-8(11)4-6-9/h3-6H,7H2,1-2H3. The molecule has 0 heterocycles. The number of nitrogens with zero attached hydrogens (tertiary/aromatic N) is 1. The van der Waals surface area contributed by atoms with Gasteiger partial charge in [-0.3, -0.25) is 4.79 Å². The fraction of sp³-hybridized carbons (Fsp3) is 0.300. The first-order valence-corrected chi connectivity index (χ1v) is 5.26. The predicted octanol–water partition coefficient (Wildman–Crippen LogP) is 1.76. The van der Waals surface area contributed by atoms with E-state index in [9.17, 15) is 4.79 Å². The summed E-state index contributed by atoms with van der Waals surface area (Å²) < 4.78 is 6.44. The Hall–Kier alpha value is -0.780. The predicted molar refractivity (Wildman–Crippen MR) is 63.3 cm³/mol. The largest absolute Gasteiger partial charge is 0.484 e. The Kier molecular flexibility index (Phi) is 4.19. The number of carbonyl (C=O) groups excluding carboxylic acids is 1. The third-order valence-corrected chi connectivity index (χ3v) is 2.39. The Bertz CT molecular complexity index is 308. The molecule has 0 saturated carbocycles. The highest BCUT2D eigenvalue weighted by atomic mass is 127. The Morgan fingerprint density at radius 2 is 1.93 bits per heavy atom. The van der Waals surface area contributed by atoms with E-state index >= 15 is 0 Å². The summed E-state index contributed by atoms with van der Waals surface area (Å²) in [7, 11) is 3.42. The van der Waals surface area contributed by atoms with Crippen molar-refractivity contribution in [2.24, 2.45) is 0 Å². The highest BCUT2D eigenvalue weighted by Crippen LogP contribution is 2.13. The van der Waals surface area contributed by atoms with Gasteiger partial charge in [0, 0.05) is 17.7 Å². The lowest BCUT2D eigenvalue weighted by Gasteiger charge is -2.11. The van der Waals surface area contributed by atoms with Crippen molar-refractivity contribution in [2.45, 2.75) is 0 Å². The van der Waals surface area contributed by atoms with Gasteiger partial charge in [-0.15, -0.1) is 0 Å². The maximum atomic E-state index is 11.2. The van der Waals surface area contributed by atoms with Crippen molar-refractivity contribution >= 4 is 28.5 Å². The van der Waals surface area contributed by atoms with Gasteiger partial charge in [0.25, 0.3) is 5.91 Å². The number of likely N-dealkylation sites (N-methyl/N-ethyl adjacent to an activating group) is 1. The fourth-order valence-electron chi connectivity index (χ4n) is 0.805. The Labute approximate surface area is 97.2 Å². The van der Waals surface area contributed by atoms with E-state index in [2.05, 4.69) is 22.6 Å². The quantitative estimate of drug-likeness (QED) is 0.797. The van der Waals surface area contributed by atoms with E-state index in [4.69, 9.17) is 4.74 Å². The molecule has 0 aliphatic rings. The van der Waals surface area contributed by atoms with Crippen LogP contribution in [0.3, 0.4) is 0 Å². The zero-order valence-corrected chi connectivity index (χ0v) is 10.3. The Balaban J connectivity index is 2.46. The summed E-state index contributed by atoms with van der Waals surface area (Å²) in [5.41, 5.74) is 0. The van der Waals surface area contributed by atoms with Gasteiger partial charge in [0.2, 0.25) is 0 Å². The molecule has 0 fully saturated rings. The van der Waals surface area contributed by atoms with Crippen LogP contribution in [-0.4, -0.2) is 31.5 Å². The number of benzene rings is 1. The van der Waals surface area contributed by atoms with E-state index in [0.29, 0.717) is 0 Å². The van der Waals surface area contributed by atoms with Crippen molar-refractivity contribution in [1.29, 1.82) is 0 Å². The molecule has 76 valence electrons. The van der Waals surface area contributed by atoms with E-state index in [1.54, 1.807) is 14.1 Å². The zero-order chi connectivity index (χ0) is 10.6. The van der Waals surface area contributed by atoms with Crippen molar-refractivity contribution in [3.8, 4) is 5.75 Å². The van der Waals surface area contributed by atoms with Gasteiger partial charge in [-0.25, -0.2) is 0 Å². The van der Waals surface area contributed by atoms with Crippen LogP contribution in [0.5, 0.6) is 5.75 Å². The number of hydrogen-bond donors (Lipinski definition) is 0. The molecule has 4 heteroatoms. The fourth-order valence-corrected chi connectivity index (χ4v) is 1.16. The monoisotopic (exact) mass is 305 g/mol. The molecule has 0 radical (unpaired) electrons. The maximum Gasteiger partial charge on any atom is 0.259 e. The molecule has 0 aromatic heterocycles. The summed E-state index contributed by atoms with van der Waals surface area (Å²) in [5.74, 6) is 0.684. The molecule has 0 aliphatic carbocycles. The summed E-state index contributed by atoms with van der Waals surface area (Å²) in [5, 5.41) is 0. The van der Waals surface area contributed by atoms with Crippen molar-refractivity contribution < 1.29 is 9.53 Å². The molecule has 3 nitrogen and oxygen atoms in total. The second kappa shape index (κ2) is 5.19. The van der Waals surface area contributed by atoms with Crippen molar-refractivity contribution in [3.63, 3.8) is 0 Å². The van der Waals surface area contributed by atoms with Crippen LogP contribution in [0, 0.1) is 3.57 Å². The first kappa shape index (κ1) is 11.3. The van der Waals surface area contributed by atoms with E-state index in [0.717, 1.165) is 9.32 Å². The first-order chi connectivity index (χ1) is 6.59. The van der Waals surface area contributed by atoms with E-state index in [1.807, 2.05) is 24.3 Å². The third kappa shape index (κ3) is 3.53. The SMILES string of the molecule is CN(C)C(=O)COc1ccc(I)cc1. The number of hydrogen-bond acceptors (Lipinski definition) is 2. The van der Waals surface area contributed by atoms with Crippen molar-refractivity contribution in [2.75, 3.05) is 20.7 Å². The molecule has 0 aliphatic heterocycles. The molecule has 0 unspecified atom stereocenters. The molecule has 1 aromatic carbocycles. The van der Waals surface area contributed by atoms with Crippen LogP contribution in [0.1, 0.15) is 0 Å². The van der Waals surface area contributed by atoms with Gasteiger partial charge >= 0.3 is 0 Å². The Morgan fingerprint density at radius 3 is 2.43 bits per heavy atom. The smallest absolute Gasteiger partial charge is 0.259 e. The van der Waals surface area contributed by atoms with E-state index in [-0.39, 0.29) is 12.5 Å². The number of ether oxygens (including phenoxy) is 1. The second-order valence-corrected chi connectivity index (χ2v) is 4.28. The minimum atomic E-state index is -0.0384. The van der Waals surface area contributed by atoms with Crippen LogP contribution in [0.2, 0.25) is 0 Å². The molecule has 0 spiro atoms. The van der Waals surface area contributed by atoms with Gasteiger partial charge in [-0.2, -0.15) is 0 Å². The second-order valence-electron chi connectivity index (χ2n) is 3.03. The van der Waals surface area contributed by atoms with E-state index in [1.165, 1.54) is 4.90 Å². The first-order valence-electron chi connectivity index (χ1n) is 4.18. The summed E-state index contributed by atoms with van der Waals surface area (Å²) >= 11 is 2.22. The molecule has 0 bridgehead atoms. The van der Waals surface area contributed by atoms with Gasteiger partial charge in [-0.1, -0.05) is 0 Å². The summed E-state index contributed by atoms with van der Waals surface area (Å²) in [6, 6.07) is 7.58. The van der Waals surface area contributed by atoms with Gasteiger partial charge in [-0.05, 0) is 46.9 Å². The molecular formula is C10H12INO2. The van der Waals surface area contributed by atoms with Crippen molar-refractivity contribution in [1.82, 2.24) is 4.90 Å². The summed E-state index contributed by atoms with van der Waals surface area (Å²) in [4.78, 5) is 12.7. The average molecular weight is 305 g/mol. The topological polar surface area (TPSA) is 29.5 Å². The normalized spacial score (nSPS) is 9.64. The van der Waals surface area contributed by atoms with Gasteiger partial charge in [0.15, 0.2) is 6.61 Å². The minimum absolute atomic E-state index is 0.0384. The van der Waals surface area contributed by atoms with Crippen LogP contribution in [0.4, 0.5) is 0 Å². The van der Waals surface area contributed by atoms with Crippen molar-refractivity contribution in [3.05, 3.63) is 27.8 Å². The molecule has 0 atom stereocenters. The lowest BCUT2D eigenvalue weighted by molar-refractivity contribution is -0.130. The molecule has 1 amide bonds. The lowest BCUT2D eigenvalue weighted by Crippen LogP contribution is -2.27. The number of rotatable bonds is 3. The van der Waals surface area contributed by atoms with Crippen LogP contribution in [0.15, 0.2) is 24.3 Å². The molecular weight excluding hydrogens is 293 g/mol. The highest BCUT2D eigenvalue weighted by molar-refractivity contribution is 14.1. The van der Waals surface area contributed by atoms with Crippen LogP contribution < -0.4 is 4.74 Å². The lowest BCUT2D eigenvalue weighted by atomic mass is 10.3. The molecule has 1 aromatic rings. The van der Waals surface area contributed by atoms with Gasteiger partial charge in [0.05, 0.1) is 0 Å². The summed E-state index contributed by atoms with van der Waals surface area (Å²) in [6.45, 7) is 0.0909. The Morgan fingerprint density at radius 1 is 1.36 bits per heavy atom. The molecule has 14 heavy (non-hydrogen) atoms. The highest BCUT2D eigenvalue weighted by Gasteiger charge is 2.04. The van der Waals surface area contributed by atoms with Crippen LogP contribution in [-0.2, 0) is 4.79 Å². The van der Waals surface area contributed by atoms with Gasteiger partial charge < -0.3 is 9.64 Å². The average Bonchev–Trinajstić information content (AvgIpc) is 2.16. The minimum Gasteiger partial charge on any atom is -0.484 e. The van der Waals surface area contributed by atoms with E-state index < -0.39 is 0 Å². The third-order valence-electron chi connectivity index (χ3n) is 1.67. The zero-order valence-electron chi connectivity index (χ0n) is 8.16. The molecule has 0 saturated heterocycles. The molecule has 0 N–H and O–H groups in total. The maximum absolute atomic E-state index is 11.2. The number of carbonyl (C=O) groups is 1. The number of halogens is 1. The molecule has 1 rings (SSSR count). The number of amides is 1. The van der Waals surface area contributed by atoms with Crippen LogP contribution >= 0.6 is 22.6 Å². The van der Waals surface area contributed by atoms with Gasteiger partial charge in [0.1, 0.15) is 5.75 Å². The van der Waals surface area contributed by atoms with Crippen LogP contribution in [0.25, 0.3) is 0 Å².